The standard InChI is InChI=1S/C29H31F3O3/c1-2-3-4-5-6-7-27-34-17-22(18-35-27)23-13-12-21(16-25(23)30)19-8-10-20(11-9-19)24-14-15-26(33)29(32)28(24)31/h8-16,22,27,33H,2-7,17-18H2,1H3. The number of phenols is 1. The predicted molar refractivity (Wildman–Crippen MR) is 131 cm³/mol. The summed E-state index contributed by atoms with van der Waals surface area (Å²) >= 11 is 0. The van der Waals surface area contributed by atoms with Crippen LogP contribution in [0.3, 0.4) is 0 Å². The van der Waals surface area contributed by atoms with Crippen molar-refractivity contribution in [3.8, 4) is 28.0 Å². The van der Waals surface area contributed by atoms with Crippen LogP contribution in [-0.4, -0.2) is 24.6 Å². The van der Waals surface area contributed by atoms with Gasteiger partial charge in [-0.15, -0.1) is 0 Å². The SMILES string of the molecule is CCCCCCCC1OCC(c2ccc(-c3ccc(-c4ccc(O)c(F)c4F)cc3)cc2F)CO1. The molecule has 1 aliphatic rings. The highest BCUT2D eigenvalue weighted by Gasteiger charge is 2.25. The molecule has 3 nitrogen and oxygen atoms in total. The van der Waals surface area contributed by atoms with Gasteiger partial charge in [0.25, 0.3) is 0 Å². The summed E-state index contributed by atoms with van der Waals surface area (Å²) in [4.78, 5) is 0. The number of phenolic OH excluding ortho intramolecular Hbond substituents is 1. The summed E-state index contributed by atoms with van der Waals surface area (Å²) in [5, 5.41) is 9.31. The summed E-state index contributed by atoms with van der Waals surface area (Å²) in [5.74, 6) is -3.60. The molecule has 0 atom stereocenters. The average Bonchev–Trinajstić information content (AvgIpc) is 2.88. The molecule has 0 bridgehead atoms. The van der Waals surface area contributed by atoms with Crippen molar-refractivity contribution in [2.45, 2.75) is 57.7 Å². The van der Waals surface area contributed by atoms with Crippen LogP contribution in [0.2, 0.25) is 0 Å². The van der Waals surface area contributed by atoms with Crippen molar-refractivity contribution in [3.05, 3.63) is 77.6 Å². The smallest absolute Gasteiger partial charge is 0.200 e. The number of benzene rings is 3. The van der Waals surface area contributed by atoms with Crippen LogP contribution in [0.25, 0.3) is 22.3 Å². The van der Waals surface area contributed by atoms with Crippen LogP contribution >= 0.6 is 0 Å². The average molecular weight is 485 g/mol. The summed E-state index contributed by atoms with van der Waals surface area (Å²) in [6, 6.07) is 14.3. The van der Waals surface area contributed by atoms with Crippen LogP contribution < -0.4 is 0 Å². The Balaban J connectivity index is 1.38. The molecular formula is C29H31F3O3. The fraction of sp³-hybridized carbons (Fsp3) is 0.379. The topological polar surface area (TPSA) is 38.7 Å². The molecule has 0 radical (unpaired) electrons. The molecule has 0 unspecified atom stereocenters. The molecule has 4 rings (SSSR count). The van der Waals surface area contributed by atoms with E-state index in [9.17, 15) is 18.3 Å². The van der Waals surface area contributed by atoms with Crippen LogP contribution in [0.4, 0.5) is 13.2 Å². The fourth-order valence-corrected chi connectivity index (χ4v) is 4.45. The maximum Gasteiger partial charge on any atom is 0.200 e. The maximum atomic E-state index is 15.0. The molecule has 1 saturated heterocycles. The molecule has 1 aliphatic heterocycles. The summed E-state index contributed by atoms with van der Waals surface area (Å²) in [6.45, 7) is 3.05. The van der Waals surface area contributed by atoms with Gasteiger partial charge in [0.15, 0.2) is 17.9 Å². The van der Waals surface area contributed by atoms with Gasteiger partial charge in [0.1, 0.15) is 5.82 Å². The Kier molecular flexibility index (Phi) is 8.47. The Morgan fingerprint density at radius 2 is 1.43 bits per heavy atom. The van der Waals surface area contributed by atoms with E-state index in [1.165, 1.54) is 37.8 Å². The van der Waals surface area contributed by atoms with Gasteiger partial charge in [-0.2, -0.15) is 4.39 Å². The zero-order valence-corrected chi connectivity index (χ0v) is 19.9. The number of hydrogen-bond acceptors (Lipinski definition) is 3. The number of unbranched alkanes of at least 4 members (excludes halogenated alkanes) is 4. The summed E-state index contributed by atoms with van der Waals surface area (Å²) in [5.41, 5.74) is 2.49. The Morgan fingerprint density at radius 3 is 2.11 bits per heavy atom. The number of halogens is 3. The number of ether oxygens (including phenoxy) is 2. The zero-order chi connectivity index (χ0) is 24.8. The molecule has 3 aromatic carbocycles. The molecule has 0 aromatic heterocycles. The van der Waals surface area contributed by atoms with Gasteiger partial charge < -0.3 is 14.6 Å². The van der Waals surface area contributed by atoms with Gasteiger partial charge in [-0.25, -0.2) is 8.78 Å². The summed E-state index contributed by atoms with van der Waals surface area (Å²) in [6.07, 6.45) is 6.62. The van der Waals surface area contributed by atoms with Crippen LogP contribution in [0.15, 0.2) is 54.6 Å². The third kappa shape index (κ3) is 6.06. The molecule has 0 amide bonds. The number of hydrogen-bond donors (Lipinski definition) is 1. The van der Waals surface area contributed by atoms with E-state index in [0.29, 0.717) is 29.9 Å². The largest absolute Gasteiger partial charge is 0.505 e. The monoisotopic (exact) mass is 484 g/mol. The second kappa shape index (κ2) is 11.7. The second-order valence-electron chi connectivity index (χ2n) is 9.07. The first-order valence-corrected chi connectivity index (χ1v) is 12.3. The lowest BCUT2D eigenvalue weighted by Crippen LogP contribution is -2.31. The van der Waals surface area contributed by atoms with Crippen molar-refractivity contribution in [2.24, 2.45) is 0 Å². The molecule has 0 aliphatic carbocycles. The molecule has 35 heavy (non-hydrogen) atoms. The Labute approximate surface area is 204 Å². The van der Waals surface area contributed by atoms with E-state index in [1.807, 2.05) is 6.07 Å². The highest BCUT2D eigenvalue weighted by Crippen LogP contribution is 2.33. The Hall–Kier alpha value is -2.83. The van der Waals surface area contributed by atoms with E-state index in [-0.39, 0.29) is 23.6 Å². The minimum Gasteiger partial charge on any atom is -0.505 e. The molecule has 0 saturated carbocycles. The summed E-state index contributed by atoms with van der Waals surface area (Å²) < 4.78 is 54.5. The molecule has 1 N–H and O–H groups in total. The number of rotatable bonds is 9. The minimum absolute atomic E-state index is 0.0462. The maximum absolute atomic E-state index is 15.0. The van der Waals surface area contributed by atoms with Crippen LogP contribution in [0.5, 0.6) is 5.75 Å². The quantitative estimate of drug-likeness (QED) is 0.313. The molecule has 0 spiro atoms. The summed E-state index contributed by atoms with van der Waals surface area (Å²) in [7, 11) is 0. The van der Waals surface area contributed by atoms with Crippen molar-refractivity contribution in [1.29, 1.82) is 0 Å². The second-order valence-corrected chi connectivity index (χ2v) is 9.07. The first kappa shape index (κ1) is 25.3. The first-order valence-electron chi connectivity index (χ1n) is 12.3. The molecule has 6 heteroatoms. The van der Waals surface area contributed by atoms with E-state index in [0.717, 1.165) is 24.5 Å². The van der Waals surface area contributed by atoms with E-state index in [2.05, 4.69) is 6.92 Å². The van der Waals surface area contributed by atoms with Gasteiger partial charge in [-0.3, -0.25) is 0 Å². The van der Waals surface area contributed by atoms with Gasteiger partial charge in [-0.1, -0.05) is 69.0 Å². The molecule has 1 heterocycles. The van der Waals surface area contributed by atoms with Crippen molar-refractivity contribution >= 4 is 0 Å². The third-order valence-corrected chi connectivity index (χ3v) is 6.54. The molecular weight excluding hydrogens is 453 g/mol. The molecule has 1 fully saturated rings. The lowest BCUT2D eigenvalue weighted by Gasteiger charge is -2.30. The molecule has 3 aromatic rings. The Morgan fingerprint density at radius 1 is 0.771 bits per heavy atom. The Bertz CT molecular complexity index is 1120. The first-order chi connectivity index (χ1) is 17.0. The van der Waals surface area contributed by atoms with Gasteiger partial charge >= 0.3 is 0 Å². The zero-order valence-electron chi connectivity index (χ0n) is 19.9. The highest BCUT2D eigenvalue weighted by molar-refractivity contribution is 5.71. The predicted octanol–water partition coefficient (Wildman–Crippen LogP) is 7.96. The normalized spacial score (nSPS) is 18.1. The minimum atomic E-state index is -1.28. The van der Waals surface area contributed by atoms with Gasteiger partial charge in [-0.05, 0) is 53.3 Å². The fourth-order valence-electron chi connectivity index (χ4n) is 4.45. The van der Waals surface area contributed by atoms with Crippen molar-refractivity contribution < 1.29 is 27.8 Å². The molecule has 186 valence electrons. The van der Waals surface area contributed by atoms with E-state index < -0.39 is 17.4 Å². The lowest BCUT2D eigenvalue weighted by atomic mass is 9.95. The van der Waals surface area contributed by atoms with E-state index in [4.69, 9.17) is 9.47 Å². The third-order valence-electron chi connectivity index (χ3n) is 6.54. The van der Waals surface area contributed by atoms with Gasteiger partial charge in [0, 0.05) is 11.5 Å². The van der Waals surface area contributed by atoms with Crippen LogP contribution in [0.1, 0.15) is 56.9 Å². The number of aromatic hydroxyl groups is 1. The van der Waals surface area contributed by atoms with E-state index >= 15 is 0 Å². The van der Waals surface area contributed by atoms with Gasteiger partial charge in [0.2, 0.25) is 5.82 Å². The van der Waals surface area contributed by atoms with E-state index in [1.54, 1.807) is 30.3 Å². The van der Waals surface area contributed by atoms with Crippen molar-refractivity contribution in [2.75, 3.05) is 13.2 Å². The highest BCUT2D eigenvalue weighted by atomic mass is 19.2. The van der Waals surface area contributed by atoms with Crippen molar-refractivity contribution in [3.63, 3.8) is 0 Å². The van der Waals surface area contributed by atoms with Crippen LogP contribution in [-0.2, 0) is 9.47 Å². The van der Waals surface area contributed by atoms with Gasteiger partial charge in [0.05, 0.1) is 13.2 Å². The van der Waals surface area contributed by atoms with Crippen molar-refractivity contribution in [1.82, 2.24) is 0 Å². The lowest BCUT2D eigenvalue weighted by molar-refractivity contribution is -0.190. The van der Waals surface area contributed by atoms with Crippen LogP contribution in [0, 0.1) is 17.5 Å².